The Balaban J connectivity index is 1.76. The molecule has 0 amide bonds. The highest BCUT2D eigenvalue weighted by Crippen LogP contribution is 2.37. The quantitative estimate of drug-likeness (QED) is 0.249. The summed E-state index contributed by atoms with van der Waals surface area (Å²) in [5.41, 5.74) is 3.16. The minimum Gasteiger partial charge on any atom is -0.481 e. The van der Waals surface area contributed by atoms with E-state index in [1.807, 2.05) is 97.1 Å². The number of benzene rings is 4. The molecule has 0 unspecified atom stereocenters. The molecule has 5 aromatic rings. The van der Waals surface area contributed by atoms with Crippen molar-refractivity contribution in [3.63, 3.8) is 0 Å². The van der Waals surface area contributed by atoms with Gasteiger partial charge < -0.3 is 4.74 Å². The molecule has 4 heteroatoms. The Hall–Kier alpha value is -3.50. The fourth-order valence-electron chi connectivity index (χ4n) is 4.23. The Morgan fingerprint density at radius 1 is 0.844 bits per heavy atom. The minimum absolute atomic E-state index is 0.0162. The second-order valence-electron chi connectivity index (χ2n) is 7.66. The van der Waals surface area contributed by atoms with Crippen LogP contribution in [0.3, 0.4) is 0 Å². The fraction of sp³-hybridized carbons (Fsp3) is 0.0714. The Bertz CT molecular complexity index is 1440. The van der Waals surface area contributed by atoms with Gasteiger partial charge in [0.05, 0.1) is 18.5 Å². The molecule has 156 valence electrons. The van der Waals surface area contributed by atoms with Crippen LogP contribution in [0.15, 0.2) is 102 Å². The van der Waals surface area contributed by atoms with Gasteiger partial charge >= 0.3 is 0 Å². The highest BCUT2D eigenvalue weighted by Gasteiger charge is 2.29. The highest BCUT2D eigenvalue weighted by molar-refractivity contribution is 9.10. The van der Waals surface area contributed by atoms with E-state index in [1.54, 1.807) is 7.11 Å². The Labute approximate surface area is 194 Å². The van der Waals surface area contributed by atoms with E-state index >= 15 is 0 Å². The van der Waals surface area contributed by atoms with E-state index in [9.17, 15) is 4.79 Å². The lowest BCUT2D eigenvalue weighted by molar-refractivity contribution is 0.0974. The molecule has 0 bridgehead atoms. The van der Waals surface area contributed by atoms with Crippen molar-refractivity contribution in [2.75, 3.05) is 7.11 Å². The van der Waals surface area contributed by atoms with Gasteiger partial charge in [0.25, 0.3) is 0 Å². The Morgan fingerprint density at radius 2 is 1.59 bits per heavy atom. The number of methoxy groups -OCH3 is 1. The van der Waals surface area contributed by atoms with E-state index in [0.717, 1.165) is 37.3 Å². The monoisotopic (exact) mass is 481 g/mol. The highest BCUT2D eigenvalue weighted by atomic mass is 79.9. The lowest BCUT2D eigenvalue weighted by Gasteiger charge is -2.20. The first-order chi connectivity index (χ1) is 15.7. The number of nitrogens with zero attached hydrogens (tertiary/aromatic N) is 1. The third-order valence-corrected chi connectivity index (χ3v) is 6.22. The predicted molar refractivity (Wildman–Crippen MR) is 133 cm³/mol. The van der Waals surface area contributed by atoms with Crippen LogP contribution in [-0.4, -0.2) is 17.9 Å². The molecule has 0 radical (unpaired) electrons. The third kappa shape index (κ3) is 3.67. The molecule has 5 rings (SSSR count). The topological polar surface area (TPSA) is 39.2 Å². The molecule has 0 N–H and O–H groups in total. The predicted octanol–water partition coefficient (Wildman–Crippen LogP) is 7.17. The molecule has 1 heterocycles. The number of ether oxygens (including phenoxy) is 1. The summed E-state index contributed by atoms with van der Waals surface area (Å²) in [6, 6.07) is 31.6. The summed E-state index contributed by atoms with van der Waals surface area (Å²) in [7, 11) is 1.60. The van der Waals surface area contributed by atoms with E-state index < -0.39 is 5.92 Å². The second kappa shape index (κ2) is 8.56. The number of hydrogen-bond acceptors (Lipinski definition) is 3. The molecular weight excluding hydrogens is 462 g/mol. The molecule has 0 fully saturated rings. The average Bonchev–Trinajstić information content (AvgIpc) is 2.84. The van der Waals surface area contributed by atoms with E-state index in [4.69, 9.17) is 9.72 Å². The summed E-state index contributed by atoms with van der Waals surface area (Å²) >= 11 is 3.54. The van der Waals surface area contributed by atoms with Crippen LogP contribution in [0.2, 0.25) is 0 Å². The van der Waals surface area contributed by atoms with Crippen LogP contribution in [0.1, 0.15) is 27.4 Å². The number of carbonyl (C=O) groups excluding carboxylic acids is 1. The van der Waals surface area contributed by atoms with Crippen molar-refractivity contribution in [2.24, 2.45) is 0 Å². The number of aromatic nitrogens is 1. The molecule has 1 atom stereocenters. The number of carbonyl (C=O) groups is 1. The molecule has 3 nitrogen and oxygen atoms in total. The van der Waals surface area contributed by atoms with Gasteiger partial charge in [-0.3, -0.25) is 4.79 Å². The smallest absolute Gasteiger partial charge is 0.217 e. The number of fused-ring (bicyclic) bond motifs is 2. The normalized spacial score (nSPS) is 12.1. The lowest BCUT2D eigenvalue weighted by atomic mass is 9.83. The van der Waals surface area contributed by atoms with E-state index in [2.05, 4.69) is 15.9 Å². The van der Waals surface area contributed by atoms with Crippen LogP contribution in [0, 0.1) is 0 Å². The van der Waals surface area contributed by atoms with Gasteiger partial charge in [0.15, 0.2) is 5.78 Å². The van der Waals surface area contributed by atoms with Crippen LogP contribution in [0.4, 0.5) is 0 Å². The van der Waals surface area contributed by atoms with Gasteiger partial charge in [-0.1, -0.05) is 88.7 Å². The standard InChI is InChI=1S/C28H20BrNO2/c1-32-28-24(17-20-16-21(29)14-15-25(20)30-28)26(19-9-3-2-4-10-19)27(31)23-13-7-11-18-8-5-6-12-22(18)23/h2-17,26H,1H3/t26-/m1/s1. The molecule has 0 aliphatic heterocycles. The van der Waals surface area contributed by atoms with Crippen molar-refractivity contribution >= 4 is 43.4 Å². The number of pyridine rings is 1. The van der Waals surface area contributed by atoms with Gasteiger partial charge in [0, 0.05) is 21.0 Å². The van der Waals surface area contributed by atoms with Crippen molar-refractivity contribution in [3.05, 3.63) is 118 Å². The number of Topliss-reactive ketones (excluding diaryl/α,β-unsaturated/α-hetero) is 1. The van der Waals surface area contributed by atoms with Crippen LogP contribution in [-0.2, 0) is 0 Å². The van der Waals surface area contributed by atoms with Crippen molar-refractivity contribution in [3.8, 4) is 5.88 Å². The van der Waals surface area contributed by atoms with E-state index in [0.29, 0.717) is 11.4 Å². The van der Waals surface area contributed by atoms with Crippen molar-refractivity contribution in [2.45, 2.75) is 5.92 Å². The summed E-state index contributed by atoms with van der Waals surface area (Å²) in [5.74, 6) is -0.0717. The van der Waals surface area contributed by atoms with Crippen LogP contribution < -0.4 is 4.74 Å². The summed E-state index contributed by atoms with van der Waals surface area (Å²) < 4.78 is 6.64. The van der Waals surface area contributed by atoms with Gasteiger partial charge in [-0.2, -0.15) is 0 Å². The largest absolute Gasteiger partial charge is 0.481 e. The van der Waals surface area contributed by atoms with E-state index in [-0.39, 0.29) is 5.78 Å². The molecule has 0 aliphatic rings. The first-order valence-corrected chi connectivity index (χ1v) is 11.2. The summed E-state index contributed by atoms with van der Waals surface area (Å²) in [6.45, 7) is 0. The van der Waals surface area contributed by atoms with Gasteiger partial charge in [0.2, 0.25) is 5.88 Å². The van der Waals surface area contributed by atoms with Gasteiger partial charge in [-0.05, 0) is 40.6 Å². The average molecular weight is 482 g/mol. The number of halogens is 1. The number of rotatable bonds is 5. The van der Waals surface area contributed by atoms with Crippen molar-refractivity contribution in [1.29, 1.82) is 0 Å². The number of hydrogen-bond donors (Lipinski definition) is 0. The fourth-order valence-corrected chi connectivity index (χ4v) is 4.61. The zero-order valence-corrected chi connectivity index (χ0v) is 19.0. The SMILES string of the molecule is COc1nc2ccc(Br)cc2cc1[C@H](C(=O)c1cccc2ccccc12)c1ccccc1. The number of ketones is 1. The first-order valence-electron chi connectivity index (χ1n) is 10.4. The van der Waals surface area contributed by atoms with Crippen LogP contribution in [0.25, 0.3) is 21.7 Å². The molecule has 0 spiro atoms. The van der Waals surface area contributed by atoms with Crippen molar-refractivity contribution in [1.82, 2.24) is 4.98 Å². The zero-order valence-electron chi connectivity index (χ0n) is 17.5. The maximum atomic E-state index is 14.1. The molecule has 0 aliphatic carbocycles. The van der Waals surface area contributed by atoms with E-state index in [1.165, 1.54) is 0 Å². The third-order valence-electron chi connectivity index (χ3n) is 5.72. The molecule has 0 saturated carbocycles. The maximum absolute atomic E-state index is 14.1. The second-order valence-corrected chi connectivity index (χ2v) is 8.57. The zero-order chi connectivity index (χ0) is 22.1. The van der Waals surface area contributed by atoms with Gasteiger partial charge in [-0.15, -0.1) is 0 Å². The Kier molecular flexibility index (Phi) is 5.46. The molecule has 0 saturated heterocycles. The minimum atomic E-state index is -0.548. The van der Waals surface area contributed by atoms with Gasteiger partial charge in [0.1, 0.15) is 0 Å². The molecular formula is C28H20BrNO2. The lowest BCUT2D eigenvalue weighted by Crippen LogP contribution is -2.16. The summed E-state index contributed by atoms with van der Waals surface area (Å²) in [6.07, 6.45) is 0. The summed E-state index contributed by atoms with van der Waals surface area (Å²) in [4.78, 5) is 18.9. The molecule has 4 aromatic carbocycles. The molecule has 32 heavy (non-hydrogen) atoms. The summed E-state index contributed by atoms with van der Waals surface area (Å²) in [5, 5.41) is 2.93. The first kappa shape index (κ1) is 20.4. The van der Waals surface area contributed by atoms with Gasteiger partial charge in [-0.25, -0.2) is 4.98 Å². The van der Waals surface area contributed by atoms with Crippen LogP contribution >= 0.6 is 15.9 Å². The molecule has 1 aromatic heterocycles. The van der Waals surface area contributed by atoms with Crippen molar-refractivity contribution < 1.29 is 9.53 Å². The Morgan fingerprint density at radius 3 is 2.41 bits per heavy atom. The maximum Gasteiger partial charge on any atom is 0.217 e. The van der Waals surface area contributed by atoms with Crippen LogP contribution in [0.5, 0.6) is 5.88 Å².